The summed E-state index contributed by atoms with van der Waals surface area (Å²) in [6, 6.07) is 0.164. The van der Waals surface area contributed by atoms with Crippen LogP contribution in [-0.4, -0.2) is 36.6 Å². The Morgan fingerprint density at radius 2 is 2.00 bits per heavy atom. The van der Waals surface area contributed by atoms with Gasteiger partial charge in [-0.25, -0.2) is 0 Å². The van der Waals surface area contributed by atoms with Gasteiger partial charge in [-0.2, -0.15) is 0 Å². The minimum atomic E-state index is -1.72. The zero-order valence-corrected chi connectivity index (χ0v) is 15.9. The van der Waals surface area contributed by atoms with Crippen LogP contribution in [0.1, 0.15) is 41.0 Å². The molecule has 1 N–H and O–H groups in total. The molecule has 6 heteroatoms. The van der Waals surface area contributed by atoms with Gasteiger partial charge in [0.25, 0.3) is 0 Å². The average molecular weight is 447 g/mol. The minimum absolute atomic E-state index is 0. The largest absolute Gasteiger partial charge is 0.376 e. The van der Waals surface area contributed by atoms with Crippen molar-refractivity contribution in [3.8, 4) is 0 Å². The van der Waals surface area contributed by atoms with Crippen LogP contribution in [0.4, 0.5) is 0 Å². The number of hydrogen-bond acceptors (Lipinski definition) is 3. The molecule has 0 aromatic rings. The third-order valence-electron chi connectivity index (χ3n) is 2.89. The zero-order valence-electron chi connectivity index (χ0n) is 11.9. The molecule has 0 saturated carbocycles. The van der Waals surface area contributed by atoms with Gasteiger partial charge in [0, 0.05) is 32.8 Å². The Morgan fingerprint density at radius 1 is 1.39 bits per heavy atom. The van der Waals surface area contributed by atoms with Crippen LogP contribution in [0.3, 0.4) is 0 Å². The monoisotopic (exact) mass is 447 g/mol. The fraction of sp³-hybridized carbons (Fsp3) is 1.00. The summed E-state index contributed by atoms with van der Waals surface area (Å²) in [4.78, 5) is 0. The van der Waals surface area contributed by atoms with Gasteiger partial charge in [0.05, 0.1) is 24.9 Å². The smallest absolute Gasteiger partial charge is 0.139 e. The van der Waals surface area contributed by atoms with Crippen LogP contribution >= 0.6 is 7.95 Å². The summed E-state index contributed by atoms with van der Waals surface area (Å²) in [5.41, 5.74) is 0.197. The molecule has 2 unspecified atom stereocenters. The molecule has 0 spiro atoms. The van der Waals surface area contributed by atoms with Crippen molar-refractivity contribution >= 4 is 7.95 Å². The Hall–Kier alpha value is 0.798. The van der Waals surface area contributed by atoms with Gasteiger partial charge in [-0.05, 0) is 27.2 Å². The van der Waals surface area contributed by atoms with Crippen LogP contribution in [0.2, 0.25) is 0 Å². The SMILES string of the molecule is CC(C)OC[C@H]1O[C@@H](C)CC1N[PH](=O)C(C)C.[W]. The Bertz CT molecular complexity index is 264. The normalized spacial score (nSPS) is 29.6. The van der Waals surface area contributed by atoms with Crippen LogP contribution < -0.4 is 5.09 Å². The summed E-state index contributed by atoms with van der Waals surface area (Å²) in [7, 11) is -1.72. The second-order valence-electron chi connectivity index (χ2n) is 5.37. The van der Waals surface area contributed by atoms with Crippen molar-refractivity contribution in [2.45, 2.75) is 71.1 Å². The van der Waals surface area contributed by atoms with E-state index >= 15 is 0 Å². The van der Waals surface area contributed by atoms with Gasteiger partial charge in [-0.15, -0.1) is 0 Å². The molecule has 1 aliphatic heterocycles. The fourth-order valence-corrected chi connectivity index (χ4v) is 2.90. The van der Waals surface area contributed by atoms with Gasteiger partial charge in [0.15, 0.2) is 0 Å². The van der Waals surface area contributed by atoms with E-state index in [1.807, 2.05) is 27.7 Å². The van der Waals surface area contributed by atoms with E-state index < -0.39 is 7.95 Å². The second kappa shape index (κ2) is 8.87. The molecule has 108 valence electrons. The quantitative estimate of drug-likeness (QED) is 0.636. The van der Waals surface area contributed by atoms with E-state index in [1.54, 1.807) is 0 Å². The van der Waals surface area contributed by atoms with Crippen LogP contribution in [0.15, 0.2) is 0 Å². The van der Waals surface area contributed by atoms with Gasteiger partial charge < -0.3 is 14.0 Å². The topological polar surface area (TPSA) is 47.6 Å². The van der Waals surface area contributed by atoms with E-state index in [-0.39, 0.29) is 51.1 Å². The molecule has 0 aliphatic carbocycles. The predicted octanol–water partition coefficient (Wildman–Crippen LogP) is 2.43. The van der Waals surface area contributed by atoms with Crippen molar-refractivity contribution in [2.75, 3.05) is 6.61 Å². The van der Waals surface area contributed by atoms with E-state index in [2.05, 4.69) is 12.0 Å². The number of rotatable bonds is 6. The summed E-state index contributed by atoms with van der Waals surface area (Å²) in [6.45, 7) is 10.6. The van der Waals surface area contributed by atoms with Crippen LogP contribution in [0.5, 0.6) is 0 Å². The standard InChI is InChI=1S/C12H26NO3P.W/c1-8(2)15-7-12-11(6-10(5)16-12)13-17(14)9(3)4;/h8-12,17H,6-7H2,1-5H3,(H,13,14);/t10-,11?,12+;/m0./s1. The molecular formula is C12H26NO3PW. The van der Waals surface area contributed by atoms with Gasteiger partial charge in [0.2, 0.25) is 0 Å². The maximum Gasteiger partial charge on any atom is 0.139 e. The third kappa shape index (κ3) is 6.30. The molecule has 0 aromatic heterocycles. The first-order valence-electron chi connectivity index (χ1n) is 6.47. The molecule has 1 heterocycles. The summed E-state index contributed by atoms with van der Waals surface area (Å²) >= 11 is 0. The van der Waals surface area contributed by atoms with Crippen LogP contribution in [0, 0.1) is 0 Å². The maximum atomic E-state index is 11.9. The maximum absolute atomic E-state index is 11.9. The van der Waals surface area contributed by atoms with E-state index in [4.69, 9.17) is 9.47 Å². The molecule has 0 aromatic carbocycles. The first-order valence-corrected chi connectivity index (χ1v) is 7.96. The number of ether oxygens (including phenoxy) is 2. The minimum Gasteiger partial charge on any atom is -0.376 e. The van der Waals surface area contributed by atoms with Gasteiger partial charge in [0.1, 0.15) is 7.95 Å². The van der Waals surface area contributed by atoms with Crippen molar-refractivity contribution in [1.82, 2.24) is 5.09 Å². The van der Waals surface area contributed by atoms with E-state index in [1.165, 1.54) is 0 Å². The van der Waals surface area contributed by atoms with Gasteiger partial charge >= 0.3 is 0 Å². The van der Waals surface area contributed by atoms with E-state index in [0.29, 0.717) is 6.61 Å². The first-order chi connectivity index (χ1) is 7.90. The molecule has 0 radical (unpaired) electrons. The Labute approximate surface area is 126 Å². The van der Waals surface area contributed by atoms with Crippen molar-refractivity contribution in [3.63, 3.8) is 0 Å². The Kier molecular flexibility index (Phi) is 9.26. The Balaban J connectivity index is 0.00000289. The molecule has 0 amide bonds. The van der Waals surface area contributed by atoms with Crippen LogP contribution in [-0.2, 0) is 35.1 Å². The number of hydrogen-bond donors (Lipinski definition) is 1. The zero-order chi connectivity index (χ0) is 13.0. The van der Waals surface area contributed by atoms with Crippen LogP contribution in [0.25, 0.3) is 0 Å². The summed E-state index contributed by atoms with van der Waals surface area (Å²) in [5, 5.41) is 3.22. The van der Waals surface area contributed by atoms with Crippen molar-refractivity contribution in [1.29, 1.82) is 0 Å². The summed E-state index contributed by atoms with van der Waals surface area (Å²) in [6.07, 6.45) is 1.36. The number of nitrogens with one attached hydrogen (secondary N) is 1. The average Bonchev–Trinajstić information content (AvgIpc) is 2.55. The second-order valence-corrected chi connectivity index (χ2v) is 7.54. The first kappa shape index (κ1) is 18.8. The van der Waals surface area contributed by atoms with Crippen molar-refractivity contribution in [2.24, 2.45) is 0 Å². The molecule has 18 heavy (non-hydrogen) atoms. The predicted molar refractivity (Wildman–Crippen MR) is 71.1 cm³/mol. The van der Waals surface area contributed by atoms with Crippen molar-refractivity contribution < 1.29 is 35.1 Å². The molecule has 0 bridgehead atoms. The van der Waals surface area contributed by atoms with Crippen molar-refractivity contribution in [3.05, 3.63) is 0 Å². The van der Waals surface area contributed by atoms with E-state index in [9.17, 15) is 4.57 Å². The fourth-order valence-electron chi connectivity index (χ4n) is 1.90. The molecular weight excluding hydrogens is 421 g/mol. The summed E-state index contributed by atoms with van der Waals surface area (Å²) in [5.74, 6) is 0. The summed E-state index contributed by atoms with van der Waals surface area (Å²) < 4.78 is 23.3. The third-order valence-corrected chi connectivity index (χ3v) is 4.59. The van der Waals surface area contributed by atoms with E-state index in [0.717, 1.165) is 6.42 Å². The molecule has 4 atom stereocenters. The van der Waals surface area contributed by atoms with Gasteiger partial charge in [-0.1, -0.05) is 13.8 Å². The molecule has 4 nitrogen and oxygen atoms in total. The molecule has 1 fully saturated rings. The molecule has 1 saturated heterocycles. The molecule has 1 aliphatic rings. The Morgan fingerprint density at radius 3 is 2.50 bits per heavy atom. The molecule has 1 rings (SSSR count). The van der Waals surface area contributed by atoms with Gasteiger partial charge in [-0.3, -0.25) is 5.09 Å².